The van der Waals surface area contributed by atoms with Crippen LogP contribution in [-0.2, 0) is 4.74 Å². The van der Waals surface area contributed by atoms with Crippen molar-refractivity contribution in [2.24, 2.45) is 0 Å². The van der Waals surface area contributed by atoms with E-state index in [0.29, 0.717) is 19.8 Å². The number of amides is 1. The molecule has 5 nitrogen and oxygen atoms in total. The van der Waals surface area contributed by atoms with Crippen LogP contribution in [0, 0.1) is 6.92 Å². The number of para-hydroxylation sites is 1. The highest BCUT2D eigenvalue weighted by Gasteiger charge is 2.18. The van der Waals surface area contributed by atoms with Crippen LogP contribution in [0.4, 0.5) is 11.4 Å². The van der Waals surface area contributed by atoms with Gasteiger partial charge in [0, 0.05) is 44.1 Å². The van der Waals surface area contributed by atoms with Crippen LogP contribution in [0.3, 0.4) is 0 Å². The van der Waals surface area contributed by atoms with E-state index in [0.717, 1.165) is 37.4 Å². The zero-order valence-corrected chi connectivity index (χ0v) is 16.3. The molecule has 1 aliphatic rings. The quantitative estimate of drug-likeness (QED) is 0.817. The second kappa shape index (κ2) is 9.42. The van der Waals surface area contributed by atoms with Gasteiger partial charge >= 0.3 is 0 Å². The minimum atomic E-state index is -0.0163. The van der Waals surface area contributed by atoms with Crippen LogP contribution >= 0.6 is 0 Å². The third-order valence-electron chi connectivity index (χ3n) is 4.92. The van der Waals surface area contributed by atoms with Crippen LogP contribution in [0.5, 0.6) is 0 Å². The molecule has 1 saturated heterocycles. The van der Waals surface area contributed by atoms with E-state index >= 15 is 0 Å². The number of carbonyl (C=O) groups excluding carboxylic acids is 1. The average molecular weight is 367 g/mol. The number of ether oxygens (including phenoxy) is 1. The highest BCUT2D eigenvalue weighted by Crippen LogP contribution is 2.21. The predicted molar refractivity (Wildman–Crippen MR) is 111 cm³/mol. The number of aryl methyl sites for hydroxylation is 1. The molecule has 27 heavy (non-hydrogen) atoms. The van der Waals surface area contributed by atoms with Gasteiger partial charge in [-0.05, 0) is 43.7 Å². The largest absolute Gasteiger partial charge is 0.378 e. The molecule has 1 aliphatic heterocycles. The molecule has 0 bridgehead atoms. The molecule has 3 rings (SSSR count). The van der Waals surface area contributed by atoms with Crippen LogP contribution < -0.4 is 15.1 Å². The Morgan fingerprint density at radius 3 is 2.67 bits per heavy atom. The van der Waals surface area contributed by atoms with Gasteiger partial charge in [-0.25, -0.2) is 0 Å². The molecule has 0 atom stereocenters. The summed E-state index contributed by atoms with van der Waals surface area (Å²) in [7, 11) is 0. The van der Waals surface area contributed by atoms with Gasteiger partial charge in [0.05, 0.1) is 18.8 Å². The average Bonchev–Trinajstić information content (AvgIpc) is 2.71. The molecule has 0 radical (unpaired) electrons. The first-order valence-electron chi connectivity index (χ1n) is 9.70. The fourth-order valence-electron chi connectivity index (χ4n) is 3.44. The van der Waals surface area contributed by atoms with Gasteiger partial charge < -0.3 is 19.9 Å². The molecular weight excluding hydrogens is 338 g/mol. The minimum absolute atomic E-state index is 0.0163. The molecule has 1 fully saturated rings. The lowest BCUT2D eigenvalue weighted by Gasteiger charge is -2.30. The molecule has 0 unspecified atom stereocenters. The van der Waals surface area contributed by atoms with Crippen LogP contribution in [0.2, 0.25) is 0 Å². The molecule has 1 heterocycles. The van der Waals surface area contributed by atoms with Crippen molar-refractivity contribution < 1.29 is 9.53 Å². The molecule has 2 aromatic carbocycles. The molecule has 144 valence electrons. The van der Waals surface area contributed by atoms with Crippen molar-refractivity contribution >= 4 is 17.3 Å². The van der Waals surface area contributed by atoms with Gasteiger partial charge in [-0.3, -0.25) is 4.79 Å². The van der Waals surface area contributed by atoms with E-state index in [2.05, 4.69) is 53.2 Å². The van der Waals surface area contributed by atoms with E-state index in [4.69, 9.17) is 4.74 Å². The van der Waals surface area contributed by atoms with Crippen molar-refractivity contribution in [3.63, 3.8) is 0 Å². The Morgan fingerprint density at radius 1 is 1.15 bits per heavy atom. The van der Waals surface area contributed by atoms with Crippen molar-refractivity contribution in [2.75, 3.05) is 55.7 Å². The van der Waals surface area contributed by atoms with Gasteiger partial charge in [0.2, 0.25) is 0 Å². The molecule has 0 spiro atoms. The molecule has 2 aromatic rings. The second-order valence-electron chi connectivity index (χ2n) is 6.79. The summed E-state index contributed by atoms with van der Waals surface area (Å²) in [5.41, 5.74) is 4.16. The maximum Gasteiger partial charge on any atom is 0.253 e. The fourth-order valence-corrected chi connectivity index (χ4v) is 3.44. The van der Waals surface area contributed by atoms with E-state index in [1.807, 2.05) is 24.3 Å². The predicted octanol–water partition coefficient (Wildman–Crippen LogP) is 3.09. The summed E-state index contributed by atoms with van der Waals surface area (Å²) in [6, 6.07) is 16.3. The van der Waals surface area contributed by atoms with Crippen molar-refractivity contribution in [1.29, 1.82) is 0 Å². The maximum atomic E-state index is 12.8. The summed E-state index contributed by atoms with van der Waals surface area (Å²) in [5, 5.41) is 3.09. The number of morpholine rings is 1. The number of hydrogen-bond donors (Lipinski definition) is 1. The zero-order chi connectivity index (χ0) is 19.1. The topological polar surface area (TPSA) is 44.8 Å². The van der Waals surface area contributed by atoms with E-state index in [1.54, 1.807) is 0 Å². The monoisotopic (exact) mass is 367 g/mol. The Kier molecular flexibility index (Phi) is 6.71. The smallest absolute Gasteiger partial charge is 0.253 e. The van der Waals surface area contributed by atoms with Crippen LogP contribution in [0.1, 0.15) is 22.8 Å². The molecule has 1 N–H and O–H groups in total. The van der Waals surface area contributed by atoms with Crippen LogP contribution in [-0.4, -0.2) is 51.8 Å². The normalized spacial score (nSPS) is 14.1. The maximum absolute atomic E-state index is 12.8. The van der Waals surface area contributed by atoms with Gasteiger partial charge in [-0.2, -0.15) is 0 Å². The molecular formula is C22H29N3O2. The summed E-state index contributed by atoms with van der Waals surface area (Å²) in [6.45, 7) is 9.59. The Bertz CT molecular complexity index is 757. The van der Waals surface area contributed by atoms with Crippen LogP contribution in [0.25, 0.3) is 0 Å². The van der Waals surface area contributed by atoms with Crippen LogP contribution in [0.15, 0.2) is 48.5 Å². The Morgan fingerprint density at radius 2 is 1.93 bits per heavy atom. The molecule has 0 aromatic heterocycles. The van der Waals surface area contributed by atoms with E-state index < -0.39 is 0 Å². The minimum Gasteiger partial charge on any atom is -0.378 e. The van der Waals surface area contributed by atoms with Gasteiger partial charge in [0.1, 0.15) is 0 Å². The molecule has 0 saturated carbocycles. The summed E-state index contributed by atoms with van der Waals surface area (Å²) >= 11 is 0. The summed E-state index contributed by atoms with van der Waals surface area (Å²) in [6.07, 6.45) is 0. The first kappa shape index (κ1) is 19.2. The van der Waals surface area contributed by atoms with E-state index in [-0.39, 0.29) is 5.91 Å². The first-order chi connectivity index (χ1) is 13.2. The highest BCUT2D eigenvalue weighted by molar-refractivity contribution is 5.99. The van der Waals surface area contributed by atoms with Gasteiger partial charge in [-0.1, -0.05) is 24.3 Å². The lowest BCUT2D eigenvalue weighted by Crippen LogP contribution is -2.39. The first-order valence-corrected chi connectivity index (χ1v) is 9.70. The van der Waals surface area contributed by atoms with Crippen molar-refractivity contribution in [3.05, 3.63) is 59.7 Å². The van der Waals surface area contributed by atoms with Gasteiger partial charge in [-0.15, -0.1) is 0 Å². The zero-order valence-electron chi connectivity index (χ0n) is 16.3. The standard InChI is InChI=1S/C22H29N3O2/c1-3-24(19-8-6-7-18(2)17-19)12-11-23-22(26)20-9-4-5-10-21(20)25-13-15-27-16-14-25/h4-10,17H,3,11-16H2,1-2H3,(H,23,26). The number of benzene rings is 2. The molecule has 5 heteroatoms. The Hall–Kier alpha value is -2.53. The number of rotatable bonds is 7. The third-order valence-corrected chi connectivity index (χ3v) is 4.92. The fraction of sp³-hybridized carbons (Fsp3) is 0.409. The summed E-state index contributed by atoms with van der Waals surface area (Å²) < 4.78 is 5.43. The van der Waals surface area contributed by atoms with E-state index in [9.17, 15) is 4.79 Å². The SMILES string of the molecule is CCN(CCNC(=O)c1ccccc1N1CCOCC1)c1cccc(C)c1. The number of likely N-dealkylation sites (N-methyl/N-ethyl adjacent to an activating group) is 1. The lowest BCUT2D eigenvalue weighted by molar-refractivity contribution is 0.0953. The van der Waals surface area contributed by atoms with Crippen molar-refractivity contribution in [3.8, 4) is 0 Å². The van der Waals surface area contributed by atoms with Crippen molar-refractivity contribution in [2.45, 2.75) is 13.8 Å². The van der Waals surface area contributed by atoms with Gasteiger partial charge in [0.15, 0.2) is 0 Å². The third kappa shape index (κ3) is 5.01. The molecule has 0 aliphatic carbocycles. The van der Waals surface area contributed by atoms with Crippen molar-refractivity contribution in [1.82, 2.24) is 5.32 Å². The Balaban J connectivity index is 1.61. The number of nitrogens with zero attached hydrogens (tertiary/aromatic N) is 2. The molecule has 1 amide bonds. The second-order valence-corrected chi connectivity index (χ2v) is 6.79. The number of hydrogen-bond acceptors (Lipinski definition) is 4. The number of carbonyl (C=O) groups is 1. The lowest BCUT2D eigenvalue weighted by atomic mass is 10.1. The van der Waals surface area contributed by atoms with E-state index in [1.165, 1.54) is 11.3 Å². The van der Waals surface area contributed by atoms with Gasteiger partial charge in [0.25, 0.3) is 5.91 Å². The Labute approximate surface area is 161 Å². The summed E-state index contributed by atoms with van der Waals surface area (Å²) in [5.74, 6) is -0.0163. The highest BCUT2D eigenvalue weighted by atomic mass is 16.5. The number of anilines is 2. The summed E-state index contributed by atoms with van der Waals surface area (Å²) in [4.78, 5) is 17.3. The number of nitrogens with one attached hydrogen (secondary N) is 1.